The molecule has 2 aliphatic heterocycles. The van der Waals surface area contributed by atoms with Crippen molar-refractivity contribution in [2.24, 2.45) is 5.92 Å². The van der Waals surface area contributed by atoms with Crippen molar-refractivity contribution in [3.8, 4) is 0 Å². The Morgan fingerprint density at radius 3 is 2.39 bits per heavy atom. The summed E-state index contributed by atoms with van der Waals surface area (Å²) in [7, 11) is 1.34. The first-order valence-corrected chi connectivity index (χ1v) is 11.4. The lowest BCUT2D eigenvalue weighted by molar-refractivity contribution is -0.144. The third kappa shape index (κ3) is 6.62. The minimum Gasteiger partial charge on any atom is -0.469 e. The van der Waals surface area contributed by atoms with Gasteiger partial charge in [-0.1, -0.05) is 0 Å². The summed E-state index contributed by atoms with van der Waals surface area (Å²) >= 11 is 3.67. The maximum atomic E-state index is 12.9. The Bertz CT molecular complexity index is 624. The molecule has 2 aliphatic rings. The molecule has 28 heavy (non-hydrogen) atoms. The first kappa shape index (κ1) is 22.9. The molecule has 158 valence electrons. The summed E-state index contributed by atoms with van der Waals surface area (Å²) in [4.78, 5) is 37.8. The summed E-state index contributed by atoms with van der Waals surface area (Å²) < 4.78 is 15.9. The Kier molecular flexibility index (Phi) is 8.12. The molecule has 2 rings (SSSR count). The number of ether oxygens (including phenoxy) is 3. The fourth-order valence-electron chi connectivity index (χ4n) is 3.15. The van der Waals surface area contributed by atoms with Crippen molar-refractivity contribution in [1.82, 2.24) is 4.90 Å². The topological polar surface area (TPSA) is 82.1 Å². The minimum atomic E-state index is -0.663. The summed E-state index contributed by atoms with van der Waals surface area (Å²) in [6, 6.07) is -0.488. The molecule has 0 aromatic carbocycles. The van der Waals surface area contributed by atoms with Crippen LogP contribution in [0.3, 0.4) is 0 Å². The van der Waals surface area contributed by atoms with Gasteiger partial charge in [0.1, 0.15) is 12.2 Å². The summed E-state index contributed by atoms with van der Waals surface area (Å²) in [5.41, 5.74) is 0.426. The Morgan fingerprint density at radius 2 is 1.86 bits per heavy atom. The number of carbonyl (C=O) groups is 3. The second kappa shape index (κ2) is 9.91. The lowest BCUT2D eigenvalue weighted by atomic mass is 9.86. The van der Waals surface area contributed by atoms with Gasteiger partial charge in [-0.3, -0.25) is 14.5 Å². The molecule has 0 saturated carbocycles. The van der Waals surface area contributed by atoms with Crippen molar-refractivity contribution in [1.29, 1.82) is 0 Å². The van der Waals surface area contributed by atoms with E-state index < -0.39 is 23.7 Å². The van der Waals surface area contributed by atoms with E-state index in [2.05, 4.69) is 0 Å². The highest BCUT2D eigenvalue weighted by Crippen LogP contribution is 2.43. The van der Waals surface area contributed by atoms with Crippen molar-refractivity contribution in [2.75, 3.05) is 25.2 Å². The molecule has 0 bridgehead atoms. The summed E-state index contributed by atoms with van der Waals surface area (Å²) in [6.07, 6.45) is 2.10. The first-order chi connectivity index (χ1) is 13.1. The molecular weight excluding hydrogens is 402 g/mol. The fraction of sp³-hybridized carbons (Fsp3) is 0.737. The van der Waals surface area contributed by atoms with Crippen LogP contribution >= 0.6 is 23.5 Å². The maximum absolute atomic E-state index is 12.9. The van der Waals surface area contributed by atoms with E-state index >= 15 is 0 Å². The molecule has 2 atom stereocenters. The van der Waals surface area contributed by atoms with Gasteiger partial charge in [0.2, 0.25) is 0 Å². The molecule has 0 aliphatic carbocycles. The molecular formula is C19H29NO6S2. The normalized spacial score (nSPS) is 23.2. The predicted octanol–water partition coefficient (Wildman–Crippen LogP) is 3.43. The van der Waals surface area contributed by atoms with Crippen LogP contribution in [-0.4, -0.2) is 64.4 Å². The van der Waals surface area contributed by atoms with E-state index in [1.165, 1.54) is 18.9 Å². The van der Waals surface area contributed by atoms with Gasteiger partial charge in [-0.15, -0.1) is 23.5 Å². The lowest BCUT2D eigenvalue weighted by Crippen LogP contribution is -2.49. The summed E-state index contributed by atoms with van der Waals surface area (Å²) in [5, 5.41) is 0. The van der Waals surface area contributed by atoms with Gasteiger partial charge in [-0.25, -0.2) is 4.79 Å². The molecule has 0 aromatic heterocycles. The van der Waals surface area contributed by atoms with Gasteiger partial charge in [0, 0.05) is 24.6 Å². The first-order valence-electron chi connectivity index (χ1n) is 9.26. The van der Waals surface area contributed by atoms with Crippen molar-refractivity contribution in [3.63, 3.8) is 0 Å². The number of carbonyl (C=O) groups excluding carboxylic acids is 3. The standard InChI is InChI=1S/C19H29NO6S2/c1-12(21)25-11-15-13(9-16(22)24-5)8-14(17-27-6-7-28-17)10-20(15)18(23)26-19(2,3)4/h10,13,15,17H,6-9,11H2,1-5H3/t13-,15-/m1/s1. The van der Waals surface area contributed by atoms with Crippen LogP contribution in [-0.2, 0) is 23.8 Å². The zero-order chi connectivity index (χ0) is 20.9. The number of rotatable bonds is 5. The molecule has 0 unspecified atom stereocenters. The molecule has 9 heteroatoms. The fourth-order valence-corrected chi connectivity index (χ4v) is 6.05. The molecule has 2 heterocycles. The predicted molar refractivity (Wildman–Crippen MR) is 110 cm³/mol. The van der Waals surface area contributed by atoms with Crippen LogP contribution in [0, 0.1) is 5.92 Å². The molecule has 1 amide bonds. The molecule has 0 aromatic rings. The molecule has 1 saturated heterocycles. The van der Waals surface area contributed by atoms with Gasteiger partial charge < -0.3 is 14.2 Å². The van der Waals surface area contributed by atoms with Gasteiger partial charge >= 0.3 is 18.0 Å². The van der Waals surface area contributed by atoms with Crippen LogP contribution in [0.4, 0.5) is 4.79 Å². The maximum Gasteiger partial charge on any atom is 0.414 e. The average Bonchev–Trinajstić information content (AvgIpc) is 3.12. The van der Waals surface area contributed by atoms with Crippen LogP contribution in [0.25, 0.3) is 0 Å². The van der Waals surface area contributed by atoms with Crippen molar-refractivity contribution >= 4 is 41.6 Å². The van der Waals surface area contributed by atoms with E-state index in [-0.39, 0.29) is 29.5 Å². The van der Waals surface area contributed by atoms with Gasteiger partial charge in [0.15, 0.2) is 0 Å². The summed E-state index contributed by atoms with van der Waals surface area (Å²) in [5.74, 6) is 1.10. The monoisotopic (exact) mass is 431 g/mol. The Labute approximate surface area is 174 Å². The van der Waals surface area contributed by atoms with Gasteiger partial charge in [-0.2, -0.15) is 0 Å². The Hall–Kier alpha value is -1.35. The lowest BCUT2D eigenvalue weighted by Gasteiger charge is -2.40. The quantitative estimate of drug-likeness (QED) is 0.484. The highest BCUT2D eigenvalue weighted by atomic mass is 32.2. The SMILES string of the molecule is COC(=O)C[C@H]1CC(C2SCCS2)=CN(C(=O)OC(C)(C)C)[C@@H]1COC(C)=O. The number of methoxy groups -OCH3 is 1. The third-order valence-electron chi connectivity index (χ3n) is 4.35. The smallest absolute Gasteiger partial charge is 0.414 e. The minimum absolute atomic E-state index is 0.00493. The molecule has 0 N–H and O–H groups in total. The Morgan fingerprint density at radius 1 is 1.21 bits per heavy atom. The zero-order valence-corrected chi connectivity index (χ0v) is 18.7. The second-order valence-electron chi connectivity index (χ2n) is 7.78. The number of amides is 1. The molecule has 0 spiro atoms. The van der Waals surface area contributed by atoms with Gasteiger partial charge in [0.05, 0.1) is 24.2 Å². The number of thioether (sulfide) groups is 2. The molecule has 1 fully saturated rings. The number of hydrogen-bond acceptors (Lipinski definition) is 8. The van der Waals surface area contributed by atoms with Crippen molar-refractivity contribution in [2.45, 2.75) is 56.8 Å². The van der Waals surface area contributed by atoms with Crippen LogP contribution in [0.5, 0.6) is 0 Å². The third-order valence-corrected chi connectivity index (χ3v) is 7.51. The highest BCUT2D eigenvalue weighted by Gasteiger charge is 2.40. The largest absolute Gasteiger partial charge is 0.469 e. The highest BCUT2D eigenvalue weighted by molar-refractivity contribution is 8.20. The van der Waals surface area contributed by atoms with Crippen LogP contribution in [0.15, 0.2) is 11.8 Å². The van der Waals surface area contributed by atoms with E-state index in [0.29, 0.717) is 6.42 Å². The van der Waals surface area contributed by atoms with Crippen LogP contribution < -0.4 is 0 Å². The van der Waals surface area contributed by atoms with E-state index in [4.69, 9.17) is 14.2 Å². The number of esters is 2. The average molecular weight is 432 g/mol. The molecule has 7 nitrogen and oxygen atoms in total. The van der Waals surface area contributed by atoms with E-state index in [1.807, 2.05) is 29.7 Å². The van der Waals surface area contributed by atoms with Crippen molar-refractivity contribution in [3.05, 3.63) is 11.8 Å². The van der Waals surface area contributed by atoms with Crippen molar-refractivity contribution < 1.29 is 28.6 Å². The van der Waals surface area contributed by atoms with E-state index in [9.17, 15) is 14.4 Å². The van der Waals surface area contributed by atoms with E-state index in [0.717, 1.165) is 17.1 Å². The molecule has 0 radical (unpaired) electrons. The van der Waals surface area contributed by atoms with Gasteiger partial charge in [-0.05, 0) is 38.7 Å². The zero-order valence-electron chi connectivity index (χ0n) is 17.1. The number of hydrogen-bond donors (Lipinski definition) is 0. The van der Waals surface area contributed by atoms with Gasteiger partial charge in [0.25, 0.3) is 0 Å². The van der Waals surface area contributed by atoms with Crippen LogP contribution in [0.1, 0.15) is 40.5 Å². The summed E-state index contributed by atoms with van der Waals surface area (Å²) in [6.45, 7) is 6.73. The second-order valence-corrected chi connectivity index (χ2v) is 10.5. The number of nitrogens with zero attached hydrogens (tertiary/aromatic N) is 1. The van der Waals surface area contributed by atoms with Crippen LogP contribution in [0.2, 0.25) is 0 Å². The van der Waals surface area contributed by atoms with E-state index in [1.54, 1.807) is 20.8 Å². The Balaban J connectivity index is 2.34.